The van der Waals surface area contributed by atoms with Gasteiger partial charge in [0.05, 0.1) is 23.7 Å². The number of aromatic nitrogens is 1. The van der Waals surface area contributed by atoms with E-state index in [1.54, 1.807) is 0 Å². The van der Waals surface area contributed by atoms with Crippen LogP contribution in [0.25, 0.3) is 0 Å². The summed E-state index contributed by atoms with van der Waals surface area (Å²) in [5.74, 6) is 1.49. The van der Waals surface area contributed by atoms with Gasteiger partial charge in [0.1, 0.15) is 0 Å². The SMILES string of the molecule is CC[C@H](O)c1ccc(N2CC(C)CC(C)C2)cn1. The third kappa shape index (κ3) is 3.02. The van der Waals surface area contributed by atoms with Crippen LogP contribution in [0.2, 0.25) is 0 Å². The molecule has 3 nitrogen and oxygen atoms in total. The topological polar surface area (TPSA) is 36.4 Å². The van der Waals surface area contributed by atoms with Crippen molar-refractivity contribution in [3.05, 3.63) is 24.0 Å². The van der Waals surface area contributed by atoms with Gasteiger partial charge in [0.15, 0.2) is 0 Å². The van der Waals surface area contributed by atoms with Crippen molar-refractivity contribution in [3.8, 4) is 0 Å². The minimum absolute atomic E-state index is 0.432. The molecule has 0 saturated carbocycles. The first kappa shape index (κ1) is 13.3. The lowest BCUT2D eigenvalue weighted by molar-refractivity contribution is 0.169. The molecule has 3 atom stereocenters. The molecule has 0 bridgehead atoms. The number of piperidine rings is 1. The van der Waals surface area contributed by atoms with E-state index in [0.717, 1.165) is 30.6 Å². The maximum atomic E-state index is 9.74. The lowest BCUT2D eigenvalue weighted by atomic mass is 9.91. The van der Waals surface area contributed by atoms with E-state index in [1.165, 1.54) is 12.1 Å². The van der Waals surface area contributed by atoms with Crippen molar-refractivity contribution in [3.63, 3.8) is 0 Å². The molecule has 0 spiro atoms. The largest absolute Gasteiger partial charge is 0.387 e. The summed E-state index contributed by atoms with van der Waals surface area (Å²) in [6.07, 6.45) is 3.50. The van der Waals surface area contributed by atoms with Gasteiger partial charge < -0.3 is 10.0 Å². The van der Waals surface area contributed by atoms with Crippen LogP contribution in [0.3, 0.4) is 0 Å². The molecule has 1 aromatic heterocycles. The third-order valence-electron chi connectivity index (χ3n) is 3.73. The number of aliphatic hydroxyl groups is 1. The molecule has 1 aliphatic heterocycles. The molecule has 18 heavy (non-hydrogen) atoms. The van der Waals surface area contributed by atoms with Gasteiger partial charge >= 0.3 is 0 Å². The molecule has 0 aromatic carbocycles. The van der Waals surface area contributed by atoms with Crippen molar-refractivity contribution in [2.75, 3.05) is 18.0 Å². The van der Waals surface area contributed by atoms with Crippen molar-refractivity contribution in [1.29, 1.82) is 0 Å². The Morgan fingerprint density at radius 1 is 1.33 bits per heavy atom. The second kappa shape index (κ2) is 5.70. The highest BCUT2D eigenvalue weighted by Gasteiger charge is 2.22. The summed E-state index contributed by atoms with van der Waals surface area (Å²) in [6, 6.07) is 4.04. The average Bonchev–Trinajstić information content (AvgIpc) is 2.37. The van der Waals surface area contributed by atoms with Crippen molar-refractivity contribution in [2.24, 2.45) is 11.8 Å². The highest BCUT2D eigenvalue weighted by Crippen LogP contribution is 2.26. The van der Waals surface area contributed by atoms with Crippen molar-refractivity contribution >= 4 is 5.69 Å². The second-order valence-corrected chi connectivity index (χ2v) is 5.72. The summed E-state index contributed by atoms with van der Waals surface area (Å²) < 4.78 is 0. The molecule has 2 unspecified atom stereocenters. The van der Waals surface area contributed by atoms with E-state index in [9.17, 15) is 5.11 Å². The molecule has 100 valence electrons. The smallest absolute Gasteiger partial charge is 0.0957 e. The molecule has 1 N–H and O–H groups in total. The van der Waals surface area contributed by atoms with E-state index in [4.69, 9.17) is 0 Å². The maximum absolute atomic E-state index is 9.74. The minimum Gasteiger partial charge on any atom is -0.387 e. The van der Waals surface area contributed by atoms with Gasteiger partial charge in [-0.2, -0.15) is 0 Å². The molecule has 0 radical (unpaired) electrons. The van der Waals surface area contributed by atoms with Crippen LogP contribution in [0.5, 0.6) is 0 Å². The Balaban J connectivity index is 2.09. The van der Waals surface area contributed by atoms with Gasteiger partial charge in [-0.15, -0.1) is 0 Å². The predicted octanol–water partition coefficient (Wildman–Crippen LogP) is 3.01. The summed E-state index contributed by atoms with van der Waals surface area (Å²) in [6.45, 7) is 8.81. The highest BCUT2D eigenvalue weighted by molar-refractivity contribution is 5.45. The quantitative estimate of drug-likeness (QED) is 0.893. The van der Waals surface area contributed by atoms with E-state index < -0.39 is 6.10 Å². The van der Waals surface area contributed by atoms with Crippen LogP contribution in [-0.4, -0.2) is 23.2 Å². The number of rotatable bonds is 3. The standard InChI is InChI=1S/C15H24N2O/c1-4-15(18)14-6-5-13(8-16-14)17-9-11(2)7-12(3)10-17/h5-6,8,11-12,15,18H,4,7,9-10H2,1-3H3/t11?,12?,15-/m0/s1. The third-order valence-corrected chi connectivity index (χ3v) is 3.73. The van der Waals surface area contributed by atoms with Gasteiger partial charge in [-0.3, -0.25) is 4.98 Å². The fourth-order valence-corrected chi connectivity index (χ4v) is 2.86. The van der Waals surface area contributed by atoms with Gasteiger partial charge in [-0.05, 0) is 36.8 Å². The van der Waals surface area contributed by atoms with Gasteiger partial charge in [-0.1, -0.05) is 20.8 Å². The Bertz CT molecular complexity index is 367. The van der Waals surface area contributed by atoms with Crippen molar-refractivity contribution in [2.45, 2.75) is 39.7 Å². The van der Waals surface area contributed by atoms with Crippen molar-refractivity contribution in [1.82, 2.24) is 4.98 Å². The monoisotopic (exact) mass is 248 g/mol. The molecular formula is C15H24N2O. The predicted molar refractivity (Wildman–Crippen MR) is 74.6 cm³/mol. The zero-order valence-corrected chi connectivity index (χ0v) is 11.6. The Morgan fingerprint density at radius 3 is 2.50 bits per heavy atom. The first-order chi connectivity index (χ1) is 8.60. The first-order valence-corrected chi connectivity index (χ1v) is 6.99. The molecule has 1 saturated heterocycles. The van der Waals surface area contributed by atoms with E-state index in [0.29, 0.717) is 6.42 Å². The number of nitrogens with zero attached hydrogens (tertiary/aromatic N) is 2. The van der Waals surface area contributed by atoms with Crippen LogP contribution in [0, 0.1) is 11.8 Å². The molecule has 2 heterocycles. The van der Waals surface area contributed by atoms with E-state index in [-0.39, 0.29) is 0 Å². The second-order valence-electron chi connectivity index (χ2n) is 5.72. The molecule has 1 aliphatic rings. The zero-order valence-electron chi connectivity index (χ0n) is 11.6. The Morgan fingerprint density at radius 2 is 2.00 bits per heavy atom. The molecule has 0 amide bonds. The lowest BCUT2D eigenvalue weighted by Crippen LogP contribution is -2.38. The Kier molecular flexibility index (Phi) is 4.23. The summed E-state index contributed by atoms with van der Waals surface area (Å²) in [4.78, 5) is 6.79. The van der Waals surface area contributed by atoms with Crippen LogP contribution in [0.15, 0.2) is 18.3 Å². The van der Waals surface area contributed by atoms with Gasteiger partial charge in [-0.25, -0.2) is 0 Å². The number of hydrogen-bond donors (Lipinski definition) is 1. The number of anilines is 1. The molecule has 2 rings (SSSR count). The van der Waals surface area contributed by atoms with Gasteiger partial charge in [0, 0.05) is 13.1 Å². The fraction of sp³-hybridized carbons (Fsp3) is 0.667. The van der Waals surface area contributed by atoms with Gasteiger partial charge in [0.2, 0.25) is 0 Å². The molecule has 0 aliphatic carbocycles. The number of pyridine rings is 1. The molecule has 1 aromatic rings. The fourth-order valence-electron chi connectivity index (χ4n) is 2.86. The zero-order chi connectivity index (χ0) is 13.1. The minimum atomic E-state index is -0.432. The van der Waals surface area contributed by atoms with Crippen LogP contribution in [0.1, 0.15) is 45.4 Å². The van der Waals surface area contributed by atoms with Crippen LogP contribution >= 0.6 is 0 Å². The highest BCUT2D eigenvalue weighted by atomic mass is 16.3. The molecule has 1 fully saturated rings. The van der Waals surface area contributed by atoms with Crippen LogP contribution in [-0.2, 0) is 0 Å². The Labute approximate surface area is 110 Å². The van der Waals surface area contributed by atoms with Crippen LogP contribution < -0.4 is 4.90 Å². The lowest BCUT2D eigenvalue weighted by Gasteiger charge is -2.36. The summed E-state index contributed by atoms with van der Waals surface area (Å²) in [5.41, 5.74) is 1.96. The van der Waals surface area contributed by atoms with Gasteiger partial charge in [0.25, 0.3) is 0 Å². The first-order valence-electron chi connectivity index (χ1n) is 6.99. The average molecular weight is 248 g/mol. The summed E-state index contributed by atoms with van der Waals surface area (Å²) in [7, 11) is 0. The van der Waals surface area contributed by atoms with E-state index >= 15 is 0 Å². The summed E-state index contributed by atoms with van der Waals surface area (Å²) >= 11 is 0. The van der Waals surface area contributed by atoms with E-state index in [1.807, 2.05) is 19.2 Å². The summed E-state index contributed by atoms with van der Waals surface area (Å²) in [5, 5.41) is 9.74. The molecular weight excluding hydrogens is 224 g/mol. The number of aliphatic hydroxyl groups excluding tert-OH is 1. The van der Waals surface area contributed by atoms with Crippen LogP contribution in [0.4, 0.5) is 5.69 Å². The maximum Gasteiger partial charge on any atom is 0.0957 e. The van der Waals surface area contributed by atoms with Crippen molar-refractivity contribution < 1.29 is 5.11 Å². The molecule has 3 heteroatoms. The number of hydrogen-bond acceptors (Lipinski definition) is 3. The normalized spacial score (nSPS) is 26.1. The Hall–Kier alpha value is -1.09. The van der Waals surface area contributed by atoms with E-state index in [2.05, 4.69) is 29.8 Å².